The van der Waals surface area contributed by atoms with Gasteiger partial charge in [0.1, 0.15) is 0 Å². The lowest BCUT2D eigenvalue weighted by Gasteiger charge is -2.27. The second-order valence-electron chi connectivity index (χ2n) is 5.13. The van der Waals surface area contributed by atoms with E-state index >= 15 is 0 Å². The molecule has 0 aliphatic carbocycles. The molecule has 0 aliphatic heterocycles. The van der Waals surface area contributed by atoms with E-state index in [0.717, 1.165) is 26.3 Å². The fraction of sp³-hybridized carbons (Fsp3) is 1.00. The van der Waals surface area contributed by atoms with Gasteiger partial charge in [0.05, 0.1) is 7.74 Å². The summed E-state index contributed by atoms with van der Waals surface area (Å²) in [5.74, 6) is 0. The minimum atomic E-state index is -2.34. The molecule has 0 saturated heterocycles. The highest BCUT2D eigenvalue weighted by molar-refractivity contribution is 7.81. The second kappa shape index (κ2) is 7.24. The van der Waals surface area contributed by atoms with Gasteiger partial charge in [0.15, 0.2) is 0 Å². The van der Waals surface area contributed by atoms with Crippen molar-refractivity contribution in [2.24, 2.45) is 0 Å². The molecule has 0 bridgehead atoms. The smallest absolute Gasteiger partial charge is 0.377 e. The molecule has 3 nitrogen and oxygen atoms in total. The zero-order chi connectivity index (χ0) is 12.8. The summed E-state index contributed by atoms with van der Waals surface area (Å²) in [7, 11) is 2.89. The molecule has 0 spiro atoms. The highest BCUT2D eigenvalue weighted by Crippen LogP contribution is 2.35. The van der Waals surface area contributed by atoms with Gasteiger partial charge in [-0.2, -0.15) is 0 Å². The predicted molar refractivity (Wildman–Crippen MR) is 77.3 cm³/mol. The fourth-order valence-electron chi connectivity index (χ4n) is 1.76. The first kappa shape index (κ1) is 16.7. The monoisotopic (exact) mass is 282 g/mol. The van der Waals surface area contributed by atoms with Crippen LogP contribution in [0, 0.1) is 0 Å². The van der Waals surface area contributed by atoms with E-state index in [2.05, 4.69) is 26.6 Å². The van der Waals surface area contributed by atoms with Crippen molar-refractivity contribution in [1.82, 2.24) is 0 Å². The normalized spacial score (nSPS) is 15.9. The van der Waals surface area contributed by atoms with Crippen LogP contribution in [-0.4, -0.2) is 43.5 Å². The molecular weight excluding hydrogens is 255 g/mol. The molecule has 0 aromatic rings. The lowest BCUT2D eigenvalue weighted by Crippen LogP contribution is -2.43. The van der Waals surface area contributed by atoms with Crippen LogP contribution in [0.4, 0.5) is 0 Å². The minimum Gasteiger partial charge on any atom is -0.377 e. The van der Waals surface area contributed by atoms with Gasteiger partial charge in [-0.3, -0.25) is 0 Å². The van der Waals surface area contributed by atoms with Crippen LogP contribution in [-0.2, 0) is 13.3 Å². The first-order valence-corrected chi connectivity index (χ1v) is 13.2. The Labute approximate surface area is 104 Å². The van der Waals surface area contributed by atoms with Crippen LogP contribution in [0.1, 0.15) is 13.3 Å². The molecule has 2 unspecified atom stereocenters. The average Bonchev–Trinajstić information content (AvgIpc) is 2.18. The van der Waals surface area contributed by atoms with Crippen molar-refractivity contribution in [2.75, 3.05) is 21.3 Å². The molecule has 0 fully saturated rings. The van der Waals surface area contributed by atoms with Gasteiger partial charge in [-0.1, -0.05) is 26.6 Å². The second-order valence-corrected chi connectivity index (χ2v) is 19.4. The van der Waals surface area contributed by atoms with Crippen LogP contribution in [0.3, 0.4) is 0 Å². The topological polar surface area (TPSA) is 27.7 Å². The van der Waals surface area contributed by atoms with Crippen LogP contribution >= 0.6 is 8.13 Å². The Kier molecular flexibility index (Phi) is 7.58. The Balaban J connectivity index is 4.11. The summed E-state index contributed by atoms with van der Waals surface area (Å²) in [4.78, 5) is 0. The zero-order valence-corrected chi connectivity index (χ0v) is 14.7. The molecule has 2 atom stereocenters. The van der Waals surface area contributed by atoms with Crippen molar-refractivity contribution in [3.8, 4) is 0 Å². The number of rotatable bonds is 8. The summed E-state index contributed by atoms with van der Waals surface area (Å²) < 4.78 is 16.3. The maximum Gasteiger partial charge on any atom is 0.500 e. The maximum absolute atomic E-state index is 5.43. The first-order chi connectivity index (χ1) is 7.28. The third kappa shape index (κ3) is 6.47. The van der Waals surface area contributed by atoms with Gasteiger partial charge >= 0.3 is 8.80 Å². The van der Waals surface area contributed by atoms with Gasteiger partial charge in [-0.15, -0.1) is 8.13 Å². The zero-order valence-electron chi connectivity index (χ0n) is 11.7. The van der Waals surface area contributed by atoms with E-state index in [9.17, 15) is 0 Å². The Morgan fingerprint density at radius 3 is 1.75 bits per heavy atom. The van der Waals surface area contributed by atoms with Crippen molar-refractivity contribution in [3.05, 3.63) is 0 Å². The van der Waals surface area contributed by atoms with E-state index in [-0.39, 0.29) is 0 Å². The van der Waals surface area contributed by atoms with E-state index in [4.69, 9.17) is 13.3 Å². The van der Waals surface area contributed by atoms with Crippen molar-refractivity contribution >= 4 is 24.7 Å². The highest BCUT2D eigenvalue weighted by Gasteiger charge is 2.37. The van der Waals surface area contributed by atoms with Crippen LogP contribution in [0.2, 0.25) is 25.7 Å². The Bertz CT molecular complexity index is 185. The molecule has 0 aromatic carbocycles. The third-order valence-electron chi connectivity index (χ3n) is 2.50. The average molecular weight is 282 g/mol. The van der Waals surface area contributed by atoms with Crippen molar-refractivity contribution < 1.29 is 13.3 Å². The summed E-state index contributed by atoms with van der Waals surface area (Å²) in [6.07, 6.45) is 1.14. The SMILES string of the molecule is CO[Si](CCC(C)P[Si](C)(C)C)(OC)OC. The van der Waals surface area contributed by atoms with Crippen molar-refractivity contribution in [2.45, 2.75) is 44.7 Å². The maximum atomic E-state index is 5.43. The third-order valence-corrected chi connectivity index (χ3v) is 11.0. The highest BCUT2D eigenvalue weighted by atomic mass is 31.3. The van der Waals surface area contributed by atoms with Crippen molar-refractivity contribution in [3.63, 3.8) is 0 Å². The predicted octanol–water partition coefficient (Wildman–Crippen LogP) is 3.16. The summed E-state index contributed by atoms with van der Waals surface area (Å²) >= 11 is 0. The lowest BCUT2D eigenvalue weighted by molar-refractivity contribution is 0.123. The summed E-state index contributed by atoms with van der Waals surface area (Å²) in [5, 5.41) is 0. The van der Waals surface area contributed by atoms with Gasteiger partial charge < -0.3 is 13.3 Å². The standard InChI is InChI=1S/C10H27O3PSi2/c1-10(14-15(5,6)7)8-9-16(11-2,12-3)13-4/h10,14H,8-9H2,1-7H3. The molecule has 98 valence electrons. The summed E-state index contributed by atoms with van der Waals surface area (Å²) in [6, 6.07) is 0.926. The summed E-state index contributed by atoms with van der Waals surface area (Å²) in [5.41, 5.74) is 0.763. The minimum absolute atomic E-state index is 0.763. The molecule has 0 heterocycles. The molecule has 0 saturated carbocycles. The fourth-order valence-corrected chi connectivity index (χ4v) is 10.6. The van der Waals surface area contributed by atoms with E-state index in [1.165, 1.54) is 0 Å². The lowest BCUT2D eigenvalue weighted by atomic mass is 10.4. The van der Waals surface area contributed by atoms with E-state index in [1.807, 2.05) is 0 Å². The van der Waals surface area contributed by atoms with Gasteiger partial charge in [0, 0.05) is 27.4 Å². The van der Waals surface area contributed by atoms with Gasteiger partial charge in [0.2, 0.25) is 0 Å². The quantitative estimate of drug-likeness (QED) is 0.505. The van der Waals surface area contributed by atoms with Gasteiger partial charge in [-0.25, -0.2) is 0 Å². The molecule has 0 aliphatic rings. The molecule has 0 N–H and O–H groups in total. The molecule has 0 radical (unpaired) electrons. The van der Waals surface area contributed by atoms with Crippen molar-refractivity contribution in [1.29, 1.82) is 0 Å². The van der Waals surface area contributed by atoms with Gasteiger partial charge in [-0.05, 0) is 12.1 Å². The molecule has 0 amide bonds. The molecule has 0 aromatic heterocycles. The van der Waals surface area contributed by atoms with Crippen LogP contribution < -0.4 is 0 Å². The van der Waals surface area contributed by atoms with E-state index in [0.29, 0.717) is 0 Å². The molecule has 16 heavy (non-hydrogen) atoms. The van der Waals surface area contributed by atoms with Crippen LogP contribution in [0.15, 0.2) is 0 Å². The van der Waals surface area contributed by atoms with Gasteiger partial charge in [0.25, 0.3) is 0 Å². The van der Waals surface area contributed by atoms with Crippen LogP contribution in [0.25, 0.3) is 0 Å². The molecular formula is C10H27O3PSi2. The first-order valence-electron chi connectivity index (χ1n) is 5.71. The molecule has 6 heteroatoms. The van der Waals surface area contributed by atoms with E-state index < -0.39 is 16.5 Å². The molecule has 0 rings (SSSR count). The number of hydrogen-bond donors (Lipinski definition) is 0. The Hall–Kier alpha value is 0.744. The number of hydrogen-bond acceptors (Lipinski definition) is 3. The summed E-state index contributed by atoms with van der Waals surface area (Å²) in [6.45, 7) is 9.61. The van der Waals surface area contributed by atoms with Crippen LogP contribution in [0.5, 0.6) is 0 Å². The Morgan fingerprint density at radius 2 is 1.44 bits per heavy atom. The van der Waals surface area contributed by atoms with E-state index in [1.54, 1.807) is 21.3 Å². The largest absolute Gasteiger partial charge is 0.500 e. The Morgan fingerprint density at radius 1 is 1.00 bits per heavy atom.